The Bertz CT molecular complexity index is 978. The summed E-state index contributed by atoms with van der Waals surface area (Å²) >= 11 is 0. The summed E-state index contributed by atoms with van der Waals surface area (Å²) in [4.78, 5) is 13.8. The Morgan fingerprint density at radius 1 is 1.12 bits per heavy atom. The number of carbonyl (C=O) groups is 1. The summed E-state index contributed by atoms with van der Waals surface area (Å²) in [5.41, 5.74) is 3.24. The van der Waals surface area contributed by atoms with Crippen LogP contribution in [0.5, 0.6) is 0 Å². The first-order chi connectivity index (χ1) is 11.6. The van der Waals surface area contributed by atoms with Gasteiger partial charge in [-0.2, -0.15) is 8.42 Å². The zero-order valence-electron chi connectivity index (χ0n) is 14.2. The molecule has 0 bridgehead atoms. The molecule has 0 atom stereocenters. The van der Waals surface area contributed by atoms with Gasteiger partial charge in [-0.3, -0.25) is 9.35 Å². The standard InChI is InChI=1S/C19H19NO4S/c1-19(2)15-6-4-5-7-16(15)20(3)18(19)11-8-13-12-14(25(22,23)24)9-10-17(13)21/h4-12H,1-3H3,(H,22,23,24)/b13-8-,18-11-. The van der Waals surface area contributed by atoms with Crippen LogP contribution >= 0.6 is 0 Å². The first-order valence-corrected chi connectivity index (χ1v) is 9.23. The molecule has 1 aromatic rings. The van der Waals surface area contributed by atoms with Crippen molar-refractivity contribution in [3.8, 4) is 0 Å². The third-order valence-corrected chi connectivity index (χ3v) is 5.49. The summed E-state index contributed by atoms with van der Waals surface area (Å²) in [7, 11) is -2.39. The van der Waals surface area contributed by atoms with E-state index in [1.165, 1.54) is 11.6 Å². The van der Waals surface area contributed by atoms with E-state index in [1.54, 1.807) is 6.08 Å². The SMILES string of the molecule is CN1/C(=C\C=C2\C=C(S(=O)(=O)O)C=CC2=O)C(C)(C)c2ccccc21. The number of fused-ring (bicyclic) bond motifs is 1. The predicted octanol–water partition coefficient (Wildman–Crippen LogP) is 3.13. The van der Waals surface area contributed by atoms with Crippen LogP contribution in [0, 0.1) is 0 Å². The van der Waals surface area contributed by atoms with E-state index in [2.05, 4.69) is 24.8 Å². The minimum atomic E-state index is -4.35. The van der Waals surface area contributed by atoms with Crippen LogP contribution in [0.2, 0.25) is 0 Å². The molecule has 5 nitrogen and oxygen atoms in total. The van der Waals surface area contributed by atoms with Crippen molar-refractivity contribution < 1.29 is 17.8 Å². The Balaban J connectivity index is 2.05. The molecule has 0 fully saturated rings. The molecular weight excluding hydrogens is 338 g/mol. The van der Waals surface area contributed by atoms with Crippen molar-refractivity contribution in [3.63, 3.8) is 0 Å². The van der Waals surface area contributed by atoms with Gasteiger partial charge in [-0.15, -0.1) is 0 Å². The summed E-state index contributed by atoms with van der Waals surface area (Å²) in [6.07, 6.45) is 6.85. The summed E-state index contributed by atoms with van der Waals surface area (Å²) in [5.74, 6) is -0.305. The van der Waals surface area contributed by atoms with Gasteiger partial charge in [-0.25, -0.2) is 0 Å². The van der Waals surface area contributed by atoms with Crippen LogP contribution in [0.1, 0.15) is 19.4 Å². The second kappa shape index (κ2) is 5.82. The number of ketones is 1. The van der Waals surface area contributed by atoms with E-state index in [-0.39, 0.29) is 21.7 Å². The lowest BCUT2D eigenvalue weighted by Gasteiger charge is -2.23. The maximum absolute atomic E-state index is 12.0. The van der Waals surface area contributed by atoms with E-state index < -0.39 is 10.1 Å². The van der Waals surface area contributed by atoms with E-state index in [4.69, 9.17) is 4.55 Å². The third-order valence-electron chi connectivity index (χ3n) is 4.64. The lowest BCUT2D eigenvalue weighted by molar-refractivity contribution is -0.111. The maximum Gasteiger partial charge on any atom is 0.294 e. The number of nitrogens with zero attached hydrogens (tertiary/aromatic N) is 1. The highest BCUT2D eigenvalue weighted by Crippen LogP contribution is 2.46. The maximum atomic E-state index is 12.0. The molecular formula is C19H19NO4S. The zero-order chi connectivity index (χ0) is 18.4. The van der Waals surface area contributed by atoms with Crippen LogP contribution in [0.25, 0.3) is 0 Å². The van der Waals surface area contributed by atoms with Crippen molar-refractivity contribution >= 4 is 21.6 Å². The second-order valence-electron chi connectivity index (χ2n) is 6.59. The number of hydrogen-bond acceptors (Lipinski definition) is 4. The molecule has 130 valence electrons. The number of rotatable bonds is 2. The minimum Gasteiger partial charge on any atom is -0.347 e. The van der Waals surface area contributed by atoms with Crippen molar-refractivity contribution in [1.82, 2.24) is 0 Å². The summed E-state index contributed by atoms with van der Waals surface area (Å²) in [6.45, 7) is 4.20. The molecule has 1 N–H and O–H groups in total. The highest BCUT2D eigenvalue weighted by atomic mass is 32.2. The molecule has 6 heteroatoms. The topological polar surface area (TPSA) is 74.7 Å². The lowest BCUT2D eigenvalue weighted by Crippen LogP contribution is -2.22. The molecule has 1 heterocycles. The van der Waals surface area contributed by atoms with Crippen molar-refractivity contribution in [2.45, 2.75) is 19.3 Å². The normalized spacial score (nSPS) is 22.5. The van der Waals surface area contributed by atoms with Gasteiger partial charge >= 0.3 is 0 Å². The molecule has 25 heavy (non-hydrogen) atoms. The largest absolute Gasteiger partial charge is 0.347 e. The molecule has 3 rings (SSSR count). The Labute approximate surface area is 147 Å². The van der Waals surface area contributed by atoms with Gasteiger partial charge < -0.3 is 4.90 Å². The van der Waals surface area contributed by atoms with Crippen molar-refractivity contribution in [1.29, 1.82) is 0 Å². The Hall–Kier alpha value is -2.44. The molecule has 0 radical (unpaired) electrons. The van der Waals surface area contributed by atoms with Gasteiger partial charge in [-0.05, 0) is 42.0 Å². The third kappa shape index (κ3) is 2.99. The van der Waals surface area contributed by atoms with E-state index in [9.17, 15) is 13.2 Å². The zero-order valence-corrected chi connectivity index (χ0v) is 15.0. The van der Waals surface area contributed by atoms with Gasteiger partial charge in [0.25, 0.3) is 10.1 Å². The number of carbonyl (C=O) groups excluding carboxylic acids is 1. The van der Waals surface area contributed by atoms with E-state index >= 15 is 0 Å². The van der Waals surface area contributed by atoms with Gasteiger partial charge in [0.2, 0.25) is 0 Å². The summed E-state index contributed by atoms with van der Waals surface area (Å²) in [6, 6.07) is 8.08. The minimum absolute atomic E-state index is 0.211. The van der Waals surface area contributed by atoms with Gasteiger partial charge in [0.1, 0.15) is 0 Å². The van der Waals surface area contributed by atoms with Gasteiger partial charge in [0.15, 0.2) is 5.78 Å². The molecule has 0 unspecified atom stereocenters. The van der Waals surface area contributed by atoms with Crippen LogP contribution in [0.15, 0.2) is 70.8 Å². The fourth-order valence-corrected chi connectivity index (χ4v) is 3.80. The number of allylic oxidation sites excluding steroid dienone is 7. The fourth-order valence-electron chi connectivity index (χ4n) is 3.29. The van der Waals surface area contributed by atoms with Crippen LogP contribution < -0.4 is 4.90 Å². The van der Waals surface area contributed by atoms with Crippen molar-refractivity contribution in [3.05, 3.63) is 76.4 Å². The van der Waals surface area contributed by atoms with Gasteiger partial charge in [0.05, 0.1) is 4.91 Å². The second-order valence-corrected chi connectivity index (χ2v) is 8.02. The average molecular weight is 357 g/mol. The predicted molar refractivity (Wildman–Crippen MR) is 97.8 cm³/mol. The van der Waals surface area contributed by atoms with Crippen LogP contribution in [0.3, 0.4) is 0 Å². The quantitative estimate of drug-likeness (QED) is 0.650. The number of anilines is 1. The molecule has 1 aromatic carbocycles. The summed E-state index contributed by atoms with van der Waals surface area (Å²) < 4.78 is 31.7. The molecule has 0 saturated carbocycles. The van der Waals surface area contributed by atoms with Crippen LogP contribution in [0.4, 0.5) is 5.69 Å². The monoisotopic (exact) mass is 357 g/mol. The Morgan fingerprint density at radius 3 is 2.44 bits per heavy atom. The molecule has 2 aliphatic rings. The van der Waals surface area contributed by atoms with E-state index in [0.717, 1.165) is 23.5 Å². The average Bonchev–Trinajstić information content (AvgIpc) is 2.73. The highest BCUT2D eigenvalue weighted by molar-refractivity contribution is 7.90. The number of likely N-dealkylation sites (N-methyl/N-ethyl adjacent to an activating group) is 1. The molecule has 1 aliphatic heterocycles. The lowest BCUT2D eigenvalue weighted by atomic mass is 9.83. The molecule has 1 aliphatic carbocycles. The van der Waals surface area contributed by atoms with Crippen LogP contribution in [-0.2, 0) is 20.3 Å². The van der Waals surface area contributed by atoms with Crippen LogP contribution in [-0.4, -0.2) is 25.8 Å². The van der Waals surface area contributed by atoms with Gasteiger partial charge in [-0.1, -0.05) is 32.0 Å². The molecule has 0 aromatic heterocycles. The number of benzene rings is 1. The van der Waals surface area contributed by atoms with E-state index in [0.29, 0.717) is 0 Å². The first kappa shape index (κ1) is 17.4. The number of para-hydroxylation sites is 1. The first-order valence-electron chi connectivity index (χ1n) is 7.79. The van der Waals surface area contributed by atoms with Crippen molar-refractivity contribution in [2.75, 3.05) is 11.9 Å². The molecule has 0 saturated heterocycles. The Morgan fingerprint density at radius 2 is 1.80 bits per heavy atom. The summed E-state index contributed by atoms with van der Waals surface area (Å²) in [5, 5.41) is 0. The van der Waals surface area contributed by atoms with Crippen molar-refractivity contribution in [2.24, 2.45) is 0 Å². The highest BCUT2D eigenvalue weighted by Gasteiger charge is 2.37. The number of hydrogen-bond donors (Lipinski definition) is 1. The molecule has 0 amide bonds. The van der Waals surface area contributed by atoms with Gasteiger partial charge in [0, 0.05) is 29.4 Å². The smallest absolute Gasteiger partial charge is 0.294 e. The fraction of sp³-hybridized carbons (Fsp3) is 0.211. The Kier molecular flexibility index (Phi) is 4.05. The molecule has 0 spiro atoms. The van der Waals surface area contributed by atoms with E-state index in [1.807, 2.05) is 31.3 Å².